The van der Waals surface area contributed by atoms with Crippen molar-refractivity contribution in [3.05, 3.63) is 66.7 Å². The van der Waals surface area contributed by atoms with Gasteiger partial charge in [0.15, 0.2) is 0 Å². The molecule has 0 aliphatic rings. The fraction of sp³-hybridized carbons (Fsp3) is 0.100. The summed E-state index contributed by atoms with van der Waals surface area (Å²) in [6.45, 7) is 2.65. The predicted octanol–water partition coefficient (Wildman–Crippen LogP) is 3.91. The molecule has 4 aromatic rings. The van der Waals surface area contributed by atoms with Gasteiger partial charge in [-0.1, -0.05) is 67.0 Å². The lowest BCUT2D eigenvalue weighted by atomic mass is 9.87. The van der Waals surface area contributed by atoms with Gasteiger partial charge >= 0.3 is 0 Å². The number of benzene rings is 4. The summed E-state index contributed by atoms with van der Waals surface area (Å²) in [4.78, 5) is 0. The zero-order valence-electron chi connectivity index (χ0n) is 12.7. The fourth-order valence-corrected chi connectivity index (χ4v) is 2.83. The predicted molar refractivity (Wildman–Crippen MR) is 99.1 cm³/mol. The number of nitrogens with two attached hydrogens (primary N) is 1. The maximum Gasteiger partial charge on any atom is 0.114 e. The van der Waals surface area contributed by atoms with E-state index in [2.05, 4.69) is 54.6 Å². The molecule has 0 aliphatic heterocycles. The van der Waals surface area contributed by atoms with Gasteiger partial charge in [-0.2, -0.15) is 0 Å². The van der Waals surface area contributed by atoms with Gasteiger partial charge in [-0.15, -0.1) is 0 Å². The van der Waals surface area contributed by atoms with Gasteiger partial charge in [0.1, 0.15) is 7.85 Å². The lowest BCUT2D eigenvalue weighted by Crippen LogP contribution is -2.03. The highest BCUT2D eigenvalue weighted by Gasteiger charge is 2.04. The third-order valence-electron chi connectivity index (χ3n) is 3.76. The van der Waals surface area contributed by atoms with Crippen LogP contribution in [0.1, 0.15) is 6.92 Å². The zero-order chi connectivity index (χ0) is 15.5. The topological polar surface area (TPSA) is 26.0 Å². The van der Waals surface area contributed by atoms with Crippen LogP contribution in [-0.4, -0.2) is 14.4 Å². The number of hydrogen-bond acceptors (Lipinski definition) is 1. The van der Waals surface area contributed by atoms with Gasteiger partial charge in [0.25, 0.3) is 0 Å². The first-order valence-electron chi connectivity index (χ1n) is 7.54. The average molecular weight is 283 g/mol. The van der Waals surface area contributed by atoms with Crippen molar-refractivity contribution in [3.8, 4) is 0 Å². The molecule has 0 amide bonds. The van der Waals surface area contributed by atoms with E-state index in [1.54, 1.807) is 0 Å². The Bertz CT molecular complexity index is 944. The summed E-state index contributed by atoms with van der Waals surface area (Å²) in [5.74, 6) is 0. The summed E-state index contributed by atoms with van der Waals surface area (Å²) >= 11 is 0. The Morgan fingerprint density at radius 1 is 0.773 bits per heavy atom. The van der Waals surface area contributed by atoms with Gasteiger partial charge in [0.2, 0.25) is 0 Å². The summed E-state index contributed by atoms with van der Waals surface area (Å²) in [7, 11) is 6.17. The Morgan fingerprint density at radius 3 is 2.09 bits per heavy atom. The molecule has 4 rings (SSSR count). The van der Waals surface area contributed by atoms with Crippen molar-refractivity contribution in [2.45, 2.75) is 6.92 Å². The Morgan fingerprint density at radius 2 is 1.36 bits per heavy atom. The second kappa shape index (κ2) is 6.21. The lowest BCUT2D eigenvalue weighted by molar-refractivity contribution is 1.14. The maximum absolute atomic E-state index is 6.17. The minimum Gasteiger partial charge on any atom is -0.331 e. The highest BCUT2D eigenvalue weighted by atomic mass is 14.5. The Balaban J connectivity index is 0.000000446. The minimum atomic E-state index is 0.750. The quantitative estimate of drug-likeness (QED) is 0.295. The molecule has 2 N–H and O–H groups in total. The minimum absolute atomic E-state index is 0.750. The summed E-state index contributed by atoms with van der Waals surface area (Å²) in [6.07, 6.45) is 0. The standard InChI is InChI=1S/C18H11B.C2H7N/c19-17-7-3-6-12-8-9-15-10-13-4-1-2-5-14(13)11-16(15)18(12)17;1-2-3/h1-11H;2-3H2,1H3. The Labute approximate surface area is 132 Å². The van der Waals surface area contributed by atoms with Crippen LogP contribution in [0.4, 0.5) is 0 Å². The van der Waals surface area contributed by atoms with Crippen LogP contribution in [0.25, 0.3) is 32.3 Å². The maximum atomic E-state index is 6.17. The lowest BCUT2D eigenvalue weighted by Gasteiger charge is -2.09. The van der Waals surface area contributed by atoms with E-state index in [9.17, 15) is 0 Å². The summed E-state index contributed by atoms with van der Waals surface area (Å²) in [5.41, 5.74) is 5.69. The van der Waals surface area contributed by atoms with Crippen LogP contribution in [0.3, 0.4) is 0 Å². The summed E-state index contributed by atoms with van der Waals surface area (Å²) in [5, 5.41) is 7.35. The molecular weight excluding hydrogens is 265 g/mol. The second-order valence-corrected chi connectivity index (χ2v) is 5.34. The van der Waals surface area contributed by atoms with Crippen molar-refractivity contribution in [1.29, 1.82) is 0 Å². The van der Waals surface area contributed by atoms with Gasteiger partial charge in [0, 0.05) is 0 Å². The smallest absolute Gasteiger partial charge is 0.114 e. The third kappa shape index (κ3) is 2.58. The highest BCUT2D eigenvalue weighted by Crippen LogP contribution is 2.28. The molecule has 0 aliphatic carbocycles. The van der Waals surface area contributed by atoms with Crippen LogP contribution >= 0.6 is 0 Å². The second-order valence-electron chi connectivity index (χ2n) is 5.34. The van der Waals surface area contributed by atoms with E-state index in [1.165, 1.54) is 26.9 Å². The van der Waals surface area contributed by atoms with Gasteiger partial charge < -0.3 is 5.73 Å². The van der Waals surface area contributed by atoms with Crippen LogP contribution in [-0.2, 0) is 0 Å². The molecule has 0 atom stereocenters. The molecule has 2 heteroatoms. The van der Waals surface area contributed by atoms with Crippen LogP contribution in [0.5, 0.6) is 0 Å². The van der Waals surface area contributed by atoms with E-state index in [-0.39, 0.29) is 0 Å². The van der Waals surface area contributed by atoms with Crippen molar-refractivity contribution in [2.75, 3.05) is 6.54 Å². The van der Waals surface area contributed by atoms with Crippen molar-refractivity contribution in [2.24, 2.45) is 5.73 Å². The van der Waals surface area contributed by atoms with Crippen molar-refractivity contribution < 1.29 is 0 Å². The molecule has 2 radical (unpaired) electrons. The summed E-state index contributed by atoms with van der Waals surface area (Å²) in [6, 6.07) is 23.3. The van der Waals surface area contributed by atoms with Crippen molar-refractivity contribution in [1.82, 2.24) is 0 Å². The normalized spacial score (nSPS) is 10.6. The number of hydrogen-bond donors (Lipinski definition) is 1. The largest absolute Gasteiger partial charge is 0.331 e. The summed E-state index contributed by atoms with van der Waals surface area (Å²) < 4.78 is 0. The van der Waals surface area contributed by atoms with Crippen LogP contribution in [0.15, 0.2) is 66.7 Å². The molecule has 0 aromatic heterocycles. The fourth-order valence-electron chi connectivity index (χ4n) is 2.83. The Kier molecular flexibility index (Phi) is 4.12. The third-order valence-corrected chi connectivity index (χ3v) is 3.76. The molecule has 22 heavy (non-hydrogen) atoms. The highest BCUT2D eigenvalue weighted by molar-refractivity contribution is 6.41. The van der Waals surface area contributed by atoms with E-state index in [4.69, 9.17) is 13.6 Å². The van der Waals surface area contributed by atoms with E-state index < -0.39 is 0 Å². The zero-order valence-corrected chi connectivity index (χ0v) is 12.7. The monoisotopic (exact) mass is 283 g/mol. The van der Waals surface area contributed by atoms with Crippen LogP contribution in [0, 0.1) is 0 Å². The Hall–Kier alpha value is -2.32. The van der Waals surface area contributed by atoms with Gasteiger partial charge in [-0.25, -0.2) is 0 Å². The first-order valence-corrected chi connectivity index (χ1v) is 7.54. The molecule has 0 saturated carbocycles. The van der Waals surface area contributed by atoms with Gasteiger partial charge in [-0.3, -0.25) is 0 Å². The van der Waals surface area contributed by atoms with Gasteiger partial charge in [-0.05, 0) is 51.0 Å². The molecule has 0 bridgehead atoms. The van der Waals surface area contributed by atoms with Crippen LogP contribution in [0.2, 0.25) is 0 Å². The van der Waals surface area contributed by atoms with E-state index >= 15 is 0 Å². The first kappa shape index (κ1) is 14.6. The van der Waals surface area contributed by atoms with Crippen LogP contribution < -0.4 is 11.2 Å². The molecule has 0 spiro atoms. The van der Waals surface area contributed by atoms with E-state index in [0.717, 1.165) is 17.4 Å². The van der Waals surface area contributed by atoms with Gasteiger partial charge in [0.05, 0.1) is 0 Å². The molecule has 1 nitrogen and oxygen atoms in total. The molecule has 4 aromatic carbocycles. The average Bonchev–Trinajstić information content (AvgIpc) is 2.53. The first-order chi connectivity index (χ1) is 10.7. The van der Waals surface area contributed by atoms with Crippen molar-refractivity contribution in [3.63, 3.8) is 0 Å². The molecule has 0 heterocycles. The number of rotatable bonds is 0. The van der Waals surface area contributed by atoms with E-state index in [0.29, 0.717) is 0 Å². The van der Waals surface area contributed by atoms with Crippen molar-refractivity contribution >= 4 is 45.6 Å². The molecule has 0 unspecified atom stereocenters. The molecule has 0 fully saturated rings. The SMILES string of the molecule is CCN.[B]c1cccc2ccc3cc4ccccc4cc3c12. The molecular formula is C20H18BN. The molecule has 106 valence electrons. The van der Waals surface area contributed by atoms with E-state index in [1.807, 2.05) is 19.1 Å². The number of fused-ring (bicyclic) bond motifs is 4. The molecule has 0 saturated heterocycles.